The minimum atomic E-state index is -0.235. The number of thiazole rings is 1. The van der Waals surface area contributed by atoms with Gasteiger partial charge in [-0.05, 0) is 81.3 Å². The first kappa shape index (κ1) is 17.3. The van der Waals surface area contributed by atoms with Crippen LogP contribution in [-0.4, -0.2) is 24.0 Å². The summed E-state index contributed by atoms with van der Waals surface area (Å²) in [6, 6.07) is 6.57. The van der Waals surface area contributed by atoms with Crippen molar-refractivity contribution >= 4 is 17.2 Å². The van der Waals surface area contributed by atoms with Crippen molar-refractivity contribution in [3.63, 3.8) is 0 Å². The van der Waals surface area contributed by atoms with Gasteiger partial charge in [0, 0.05) is 11.5 Å². The molecule has 2 N–H and O–H groups in total. The molecule has 1 spiro atoms. The lowest BCUT2D eigenvalue weighted by atomic mass is 9.91. The zero-order chi connectivity index (χ0) is 18.4. The van der Waals surface area contributed by atoms with Gasteiger partial charge in [0.1, 0.15) is 10.8 Å². The number of rotatable bonds is 3. The molecule has 1 aromatic carbocycles. The van der Waals surface area contributed by atoms with Gasteiger partial charge in [-0.15, -0.1) is 11.3 Å². The second-order valence-electron chi connectivity index (χ2n) is 8.16. The molecule has 3 aliphatic rings. The molecule has 5 rings (SSSR count). The van der Waals surface area contributed by atoms with E-state index in [1.807, 2.05) is 0 Å². The van der Waals surface area contributed by atoms with Crippen LogP contribution in [0.25, 0.3) is 10.6 Å². The monoisotopic (exact) mass is 385 g/mol. The fraction of sp³-hybridized carbons (Fsp3) is 0.524. The summed E-state index contributed by atoms with van der Waals surface area (Å²) in [7, 11) is 0. The summed E-state index contributed by atoms with van der Waals surface area (Å²) in [6.07, 6.45) is 6.27. The lowest BCUT2D eigenvalue weighted by molar-refractivity contribution is -0.124. The maximum atomic E-state index is 13.2. The molecule has 1 aromatic heterocycles. The van der Waals surface area contributed by atoms with Crippen molar-refractivity contribution in [3.8, 4) is 10.6 Å². The van der Waals surface area contributed by atoms with Crippen molar-refractivity contribution in [2.45, 2.75) is 44.6 Å². The van der Waals surface area contributed by atoms with Crippen molar-refractivity contribution in [2.24, 2.45) is 11.3 Å². The number of benzene rings is 1. The van der Waals surface area contributed by atoms with Crippen LogP contribution >= 0.6 is 11.3 Å². The molecule has 2 unspecified atom stereocenters. The average Bonchev–Trinajstić information content (AvgIpc) is 3.18. The van der Waals surface area contributed by atoms with E-state index in [0.717, 1.165) is 67.9 Å². The third-order valence-electron chi connectivity index (χ3n) is 6.46. The SMILES string of the molecule is O=C(NC1CCCc2nc(-c3ccc(F)cc3)sc21)C1CC12CCNCC2. The van der Waals surface area contributed by atoms with E-state index >= 15 is 0 Å². The number of amides is 1. The summed E-state index contributed by atoms with van der Waals surface area (Å²) in [6.45, 7) is 2.07. The third-order valence-corrected chi connectivity index (χ3v) is 7.72. The minimum Gasteiger partial charge on any atom is -0.348 e. The topological polar surface area (TPSA) is 54.0 Å². The van der Waals surface area contributed by atoms with Crippen molar-refractivity contribution in [1.82, 2.24) is 15.6 Å². The Kier molecular flexibility index (Phi) is 4.28. The molecule has 1 aliphatic heterocycles. The standard InChI is InChI=1S/C21H24FN3OS/c22-14-6-4-13(5-7-14)20-25-17-3-1-2-16(18(17)27-20)24-19(26)15-12-21(15)8-10-23-11-9-21/h4-7,15-16,23H,1-3,8-12H2,(H,24,26). The number of fused-ring (bicyclic) bond motifs is 1. The largest absolute Gasteiger partial charge is 0.348 e. The number of hydrogen-bond donors (Lipinski definition) is 2. The van der Waals surface area contributed by atoms with E-state index in [-0.39, 0.29) is 29.1 Å². The number of carbonyl (C=O) groups is 1. The first-order chi connectivity index (χ1) is 13.1. The summed E-state index contributed by atoms with van der Waals surface area (Å²) in [5, 5.41) is 7.65. The van der Waals surface area contributed by atoms with Crippen molar-refractivity contribution in [2.75, 3.05) is 13.1 Å². The summed E-state index contributed by atoms with van der Waals surface area (Å²) in [4.78, 5) is 18.9. The van der Waals surface area contributed by atoms with Gasteiger partial charge in [0.2, 0.25) is 5.91 Å². The van der Waals surface area contributed by atoms with Gasteiger partial charge in [-0.25, -0.2) is 9.37 Å². The molecule has 2 aliphatic carbocycles. The van der Waals surface area contributed by atoms with Crippen LogP contribution in [0, 0.1) is 17.2 Å². The zero-order valence-electron chi connectivity index (χ0n) is 15.3. The van der Waals surface area contributed by atoms with Gasteiger partial charge in [0.25, 0.3) is 0 Å². The molecule has 4 nitrogen and oxygen atoms in total. The number of piperidine rings is 1. The van der Waals surface area contributed by atoms with Crippen LogP contribution in [0.1, 0.15) is 48.7 Å². The van der Waals surface area contributed by atoms with E-state index in [1.165, 1.54) is 17.0 Å². The van der Waals surface area contributed by atoms with Crippen molar-refractivity contribution in [3.05, 3.63) is 40.7 Å². The normalized spacial score (nSPS) is 25.8. The van der Waals surface area contributed by atoms with E-state index in [1.54, 1.807) is 23.5 Å². The van der Waals surface area contributed by atoms with Gasteiger partial charge in [-0.3, -0.25) is 4.79 Å². The number of carbonyl (C=O) groups excluding carboxylic acids is 1. The van der Waals surface area contributed by atoms with E-state index in [2.05, 4.69) is 10.6 Å². The van der Waals surface area contributed by atoms with E-state index < -0.39 is 0 Å². The van der Waals surface area contributed by atoms with Crippen molar-refractivity contribution < 1.29 is 9.18 Å². The molecular formula is C21H24FN3OS. The maximum Gasteiger partial charge on any atom is 0.224 e. The Labute approximate surface area is 162 Å². The Morgan fingerprint density at radius 2 is 2.04 bits per heavy atom. The molecule has 2 aromatic rings. The summed E-state index contributed by atoms with van der Waals surface area (Å²) >= 11 is 1.65. The molecule has 6 heteroatoms. The molecule has 2 fully saturated rings. The highest BCUT2D eigenvalue weighted by atomic mass is 32.1. The molecule has 1 saturated carbocycles. The first-order valence-corrected chi connectivity index (χ1v) is 10.7. The van der Waals surface area contributed by atoms with Crippen LogP contribution in [0.15, 0.2) is 24.3 Å². The fourth-order valence-corrected chi connectivity index (χ4v) is 5.94. The third kappa shape index (κ3) is 3.19. The maximum absolute atomic E-state index is 13.2. The second kappa shape index (κ2) is 6.67. The highest BCUT2D eigenvalue weighted by molar-refractivity contribution is 7.15. The molecule has 2 atom stereocenters. The molecule has 0 radical (unpaired) electrons. The Bertz CT molecular complexity index is 857. The summed E-state index contributed by atoms with van der Waals surface area (Å²) < 4.78 is 13.2. The van der Waals surface area contributed by atoms with Crippen LogP contribution in [0.5, 0.6) is 0 Å². The average molecular weight is 386 g/mol. The summed E-state index contributed by atoms with van der Waals surface area (Å²) in [5.74, 6) is 0.183. The fourth-order valence-electron chi connectivity index (χ4n) is 4.74. The number of aryl methyl sites for hydroxylation is 1. The number of nitrogens with one attached hydrogen (secondary N) is 2. The summed E-state index contributed by atoms with van der Waals surface area (Å²) in [5.41, 5.74) is 2.31. The van der Waals surface area contributed by atoms with E-state index in [9.17, 15) is 9.18 Å². The van der Waals surface area contributed by atoms with E-state index in [0.29, 0.717) is 0 Å². The molecule has 27 heavy (non-hydrogen) atoms. The smallest absolute Gasteiger partial charge is 0.224 e. The van der Waals surface area contributed by atoms with Gasteiger partial charge in [0.15, 0.2) is 0 Å². The lowest BCUT2D eigenvalue weighted by Crippen LogP contribution is -2.35. The number of halogens is 1. The molecular weight excluding hydrogens is 361 g/mol. The Hall–Kier alpha value is -1.79. The van der Waals surface area contributed by atoms with E-state index in [4.69, 9.17) is 4.98 Å². The predicted molar refractivity (Wildman–Crippen MR) is 104 cm³/mol. The molecule has 0 bridgehead atoms. The highest BCUT2D eigenvalue weighted by Crippen LogP contribution is 2.58. The lowest BCUT2D eigenvalue weighted by Gasteiger charge is -2.25. The van der Waals surface area contributed by atoms with Crippen molar-refractivity contribution in [1.29, 1.82) is 0 Å². The van der Waals surface area contributed by atoms with Gasteiger partial charge >= 0.3 is 0 Å². The molecule has 1 saturated heterocycles. The molecule has 2 heterocycles. The first-order valence-electron chi connectivity index (χ1n) is 9.91. The number of aromatic nitrogens is 1. The Balaban J connectivity index is 1.32. The van der Waals surface area contributed by atoms with Gasteiger partial charge in [-0.2, -0.15) is 0 Å². The van der Waals surface area contributed by atoms with Crippen LogP contribution < -0.4 is 10.6 Å². The quantitative estimate of drug-likeness (QED) is 0.844. The Morgan fingerprint density at radius 1 is 1.26 bits per heavy atom. The molecule has 1 amide bonds. The van der Waals surface area contributed by atoms with Gasteiger partial charge in [0.05, 0.1) is 16.6 Å². The van der Waals surface area contributed by atoms with Gasteiger partial charge in [-0.1, -0.05) is 0 Å². The van der Waals surface area contributed by atoms with Gasteiger partial charge < -0.3 is 10.6 Å². The molecule has 142 valence electrons. The minimum absolute atomic E-state index is 0.0762. The predicted octanol–water partition coefficient (Wildman–Crippen LogP) is 3.83. The van der Waals surface area contributed by atoms with Crippen LogP contribution in [0.2, 0.25) is 0 Å². The zero-order valence-corrected chi connectivity index (χ0v) is 16.1. The van der Waals surface area contributed by atoms with Crippen LogP contribution in [-0.2, 0) is 11.2 Å². The Morgan fingerprint density at radius 3 is 2.81 bits per heavy atom. The van der Waals surface area contributed by atoms with Crippen LogP contribution in [0.3, 0.4) is 0 Å². The highest BCUT2D eigenvalue weighted by Gasteiger charge is 2.57. The van der Waals surface area contributed by atoms with Crippen LogP contribution in [0.4, 0.5) is 4.39 Å². The second-order valence-corrected chi connectivity index (χ2v) is 9.19. The number of hydrogen-bond acceptors (Lipinski definition) is 4. The number of nitrogens with zero attached hydrogens (tertiary/aromatic N) is 1.